The van der Waals surface area contributed by atoms with Gasteiger partial charge in [0.05, 0.1) is 0 Å². The zero-order valence-corrected chi connectivity index (χ0v) is 15.2. The van der Waals surface area contributed by atoms with Crippen molar-refractivity contribution in [1.82, 2.24) is 0 Å². The first-order valence-electron chi connectivity index (χ1n) is 10.3. The molecule has 0 nitrogen and oxygen atoms in total. The van der Waals surface area contributed by atoms with Gasteiger partial charge >= 0.3 is 0 Å². The normalized spacial score (nSPS) is 51.5. The molecule has 24 heavy (non-hydrogen) atoms. The molecule has 0 N–H and O–H groups in total. The molecule has 4 atom stereocenters. The lowest BCUT2D eigenvalue weighted by atomic mass is 9.35. The first-order chi connectivity index (χ1) is 11.7. The van der Waals surface area contributed by atoms with Crippen molar-refractivity contribution >= 4 is 0 Å². The van der Waals surface area contributed by atoms with Crippen LogP contribution < -0.4 is 0 Å². The monoisotopic (exact) mass is 320 g/mol. The molecule has 4 bridgehead atoms. The van der Waals surface area contributed by atoms with Crippen molar-refractivity contribution in [3.8, 4) is 0 Å². The van der Waals surface area contributed by atoms with E-state index in [0.29, 0.717) is 16.2 Å². The Balaban J connectivity index is 1.56. The maximum atomic E-state index is 2.57. The van der Waals surface area contributed by atoms with Gasteiger partial charge in [0.2, 0.25) is 0 Å². The van der Waals surface area contributed by atoms with Gasteiger partial charge in [-0.05, 0) is 85.4 Å². The van der Waals surface area contributed by atoms with E-state index in [-0.39, 0.29) is 0 Å². The van der Waals surface area contributed by atoms with Crippen molar-refractivity contribution < 1.29 is 0 Å². The number of hydrogen-bond donors (Lipinski definition) is 0. The summed E-state index contributed by atoms with van der Waals surface area (Å²) < 4.78 is 0. The summed E-state index contributed by atoms with van der Waals surface area (Å²) in [6.45, 7) is 2.49. The number of allylic oxidation sites excluding steroid dienone is 8. The van der Waals surface area contributed by atoms with Crippen LogP contribution in [0.5, 0.6) is 0 Å². The average molecular weight is 321 g/mol. The van der Waals surface area contributed by atoms with E-state index in [1.165, 1.54) is 57.8 Å². The highest BCUT2D eigenvalue weighted by atomic mass is 14.7. The Morgan fingerprint density at radius 1 is 0.750 bits per heavy atom. The van der Waals surface area contributed by atoms with Crippen LogP contribution >= 0.6 is 0 Å². The van der Waals surface area contributed by atoms with Gasteiger partial charge in [-0.25, -0.2) is 0 Å². The molecule has 0 aromatic rings. The molecule has 0 radical (unpaired) electrons. The predicted octanol–water partition coefficient (Wildman–Crippen LogP) is 6.62. The predicted molar refractivity (Wildman–Crippen MR) is 102 cm³/mol. The minimum atomic E-state index is 0.603. The summed E-state index contributed by atoms with van der Waals surface area (Å²) in [5, 5.41) is 0. The van der Waals surface area contributed by atoms with E-state index >= 15 is 0 Å². The van der Waals surface area contributed by atoms with E-state index in [4.69, 9.17) is 0 Å². The molecule has 0 amide bonds. The summed E-state index contributed by atoms with van der Waals surface area (Å²) in [5.41, 5.74) is 1.86. The SMILES string of the molecule is CCC12CC3CC(C4C=CC=CC4)(C1)CC(C1C=CC=CC1)(C3)C2. The van der Waals surface area contributed by atoms with Crippen molar-refractivity contribution in [1.29, 1.82) is 0 Å². The van der Waals surface area contributed by atoms with E-state index in [0.717, 1.165) is 17.8 Å². The highest BCUT2D eigenvalue weighted by molar-refractivity contribution is 5.24. The average Bonchev–Trinajstić information content (AvgIpc) is 2.62. The Labute approximate surface area is 147 Å². The molecule has 0 heterocycles. The molecule has 4 fully saturated rings. The van der Waals surface area contributed by atoms with Gasteiger partial charge in [0.25, 0.3) is 0 Å². The summed E-state index contributed by atoms with van der Waals surface area (Å²) >= 11 is 0. The van der Waals surface area contributed by atoms with Gasteiger partial charge in [-0.1, -0.05) is 62.0 Å². The first kappa shape index (κ1) is 15.2. The first-order valence-corrected chi connectivity index (χ1v) is 10.3. The molecule has 128 valence electrons. The second kappa shape index (κ2) is 5.23. The molecule has 6 rings (SSSR count). The Bertz CT molecular complexity index is 584. The molecule has 6 aliphatic rings. The second-order valence-electron chi connectivity index (χ2n) is 9.90. The third-order valence-electron chi connectivity index (χ3n) is 8.55. The second-order valence-corrected chi connectivity index (χ2v) is 9.90. The van der Waals surface area contributed by atoms with Crippen molar-refractivity contribution in [2.24, 2.45) is 34.0 Å². The van der Waals surface area contributed by atoms with Gasteiger partial charge in [0.1, 0.15) is 0 Å². The quantitative estimate of drug-likeness (QED) is 0.548. The smallest absolute Gasteiger partial charge is 0.0139 e. The van der Waals surface area contributed by atoms with Crippen LogP contribution in [0, 0.1) is 34.0 Å². The van der Waals surface area contributed by atoms with Crippen LogP contribution in [0.2, 0.25) is 0 Å². The third kappa shape index (κ3) is 2.11. The van der Waals surface area contributed by atoms with Crippen LogP contribution in [0.3, 0.4) is 0 Å². The molecule has 0 aliphatic heterocycles. The molecule has 4 unspecified atom stereocenters. The summed E-state index contributed by atoms with van der Waals surface area (Å²) in [7, 11) is 0. The summed E-state index contributed by atoms with van der Waals surface area (Å²) in [5.74, 6) is 2.61. The highest BCUT2D eigenvalue weighted by Crippen LogP contribution is 2.75. The van der Waals surface area contributed by atoms with Gasteiger partial charge < -0.3 is 0 Å². The van der Waals surface area contributed by atoms with E-state index in [2.05, 4.69) is 55.5 Å². The van der Waals surface area contributed by atoms with E-state index < -0.39 is 0 Å². The summed E-state index contributed by atoms with van der Waals surface area (Å²) in [4.78, 5) is 0. The molecular weight excluding hydrogens is 288 g/mol. The zero-order valence-electron chi connectivity index (χ0n) is 15.2. The molecular formula is C24H32. The summed E-state index contributed by atoms with van der Waals surface area (Å²) in [6.07, 6.45) is 32.3. The molecule has 0 aromatic heterocycles. The van der Waals surface area contributed by atoms with Crippen molar-refractivity contribution in [2.45, 2.75) is 64.7 Å². The maximum absolute atomic E-state index is 2.57. The van der Waals surface area contributed by atoms with E-state index in [9.17, 15) is 0 Å². The van der Waals surface area contributed by atoms with Gasteiger partial charge in [0, 0.05) is 0 Å². The molecule has 0 aromatic carbocycles. The lowest BCUT2D eigenvalue weighted by molar-refractivity contribution is -0.188. The molecule has 6 aliphatic carbocycles. The Morgan fingerprint density at radius 2 is 1.33 bits per heavy atom. The van der Waals surface area contributed by atoms with Gasteiger partial charge in [-0.2, -0.15) is 0 Å². The zero-order chi connectivity index (χ0) is 16.3. The van der Waals surface area contributed by atoms with Crippen LogP contribution in [0.25, 0.3) is 0 Å². The van der Waals surface area contributed by atoms with Crippen molar-refractivity contribution in [2.75, 3.05) is 0 Å². The van der Waals surface area contributed by atoms with Crippen LogP contribution in [0.15, 0.2) is 48.6 Å². The fourth-order valence-corrected chi connectivity index (χ4v) is 8.08. The maximum Gasteiger partial charge on any atom is -0.0139 e. The molecule has 4 saturated carbocycles. The molecule has 0 spiro atoms. The summed E-state index contributed by atoms with van der Waals surface area (Å²) in [6, 6.07) is 0. The lowest BCUT2D eigenvalue weighted by Gasteiger charge is -2.70. The highest BCUT2D eigenvalue weighted by Gasteiger charge is 2.65. The fourth-order valence-electron chi connectivity index (χ4n) is 8.08. The standard InChI is InChI=1S/C24H32/c1-2-22-13-19-14-23(16-22,20-9-5-3-6-10-20)18-24(15-19,17-22)21-11-7-4-8-12-21/h3-9,11,19-21H,2,10,12-18H2,1H3. The minimum Gasteiger partial charge on any atom is -0.0839 e. The van der Waals surface area contributed by atoms with Crippen LogP contribution in [0.4, 0.5) is 0 Å². The van der Waals surface area contributed by atoms with Crippen LogP contribution in [0.1, 0.15) is 64.7 Å². The minimum absolute atomic E-state index is 0.603. The molecule has 0 heteroatoms. The van der Waals surface area contributed by atoms with Crippen LogP contribution in [-0.4, -0.2) is 0 Å². The fraction of sp³-hybridized carbons (Fsp3) is 0.667. The van der Waals surface area contributed by atoms with Crippen molar-refractivity contribution in [3.05, 3.63) is 48.6 Å². The van der Waals surface area contributed by atoms with Gasteiger partial charge in [-0.15, -0.1) is 0 Å². The Kier molecular flexibility index (Phi) is 3.32. The van der Waals surface area contributed by atoms with Crippen LogP contribution in [-0.2, 0) is 0 Å². The Hall–Kier alpha value is -1.04. The number of hydrogen-bond acceptors (Lipinski definition) is 0. The van der Waals surface area contributed by atoms with Gasteiger partial charge in [0.15, 0.2) is 0 Å². The third-order valence-corrected chi connectivity index (χ3v) is 8.55. The van der Waals surface area contributed by atoms with E-state index in [1.54, 1.807) is 0 Å². The number of rotatable bonds is 3. The Morgan fingerprint density at radius 3 is 1.79 bits per heavy atom. The molecule has 0 saturated heterocycles. The van der Waals surface area contributed by atoms with Gasteiger partial charge in [-0.3, -0.25) is 0 Å². The lowest BCUT2D eigenvalue weighted by Crippen LogP contribution is -2.60. The van der Waals surface area contributed by atoms with Crippen molar-refractivity contribution in [3.63, 3.8) is 0 Å². The van der Waals surface area contributed by atoms with E-state index in [1.807, 2.05) is 0 Å². The topological polar surface area (TPSA) is 0 Å². The largest absolute Gasteiger partial charge is 0.0839 e.